The maximum atomic E-state index is 9.72. The van der Waals surface area contributed by atoms with Crippen LogP contribution in [0.15, 0.2) is 60.7 Å². The first-order valence-electron chi connectivity index (χ1n) is 11.0. The van der Waals surface area contributed by atoms with Gasteiger partial charge in [-0.3, -0.25) is 0 Å². The van der Waals surface area contributed by atoms with Crippen molar-refractivity contribution in [3.8, 4) is 0 Å². The van der Waals surface area contributed by atoms with Gasteiger partial charge < -0.3 is 9.53 Å². The highest BCUT2D eigenvalue weighted by atomic mass is 28.4. The van der Waals surface area contributed by atoms with Crippen molar-refractivity contribution in [2.75, 3.05) is 6.61 Å². The fourth-order valence-corrected chi connectivity index (χ4v) is 9.74. The van der Waals surface area contributed by atoms with Gasteiger partial charge in [0.2, 0.25) is 0 Å². The molecule has 0 radical (unpaired) electrons. The third-order valence-corrected chi connectivity index (χ3v) is 12.1. The average Bonchev–Trinajstić information content (AvgIpc) is 3.20. The highest BCUT2D eigenvalue weighted by Crippen LogP contribution is 2.60. The first kappa shape index (κ1) is 22.3. The van der Waals surface area contributed by atoms with Gasteiger partial charge in [-0.05, 0) is 52.4 Å². The summed E-state index contributed by atoms with van der Waals surface area (Å²) in [5.41, 5.74) is 0.292. The molecular formula is C26H38O2Si. The normalized spacial score (nSPS) is 22.3. The molecule has 0 spiro atoms. The van der Waals surface area contributed by atoms with Gasteiger partial charge in [0.05, 0.1) is 6.10 Å². The molecule has 2 nitrogen and oxygen atoms in total. The van der Waals surface area contributed by atoms with Crippen LogP contribution in [0.3, 0.4) is 0 Å². The highest BCUT2D eigenvalue weighted by molar-refractivity contribution is 6.99. The van der Waals surface area contributed by atoms with Crippen molar-refractivity contribution < 1.29 is 9.53 Å². The van der Waals surface area contributed by atoms with Gasteiger partial charge in [0.1, 0.15) is 0 Å². The Bertz CT molecular complexity index is 738. The third kappa shape index (κ3) is 4.37. The molecule has 2 aromatic rings. The molecule has 0 bridgehead atoms. The number of benzene rings is 2. The van der Waals surface area contributed by atoms with E-state index in [9.17, 15) is 5.11 Å². The summed E-state index contributed by atoms with van der Waals surface area (Å²) in [6.07, 6.45) is 1.74. The van der Waals surface area contributed by atoms with Crippen molar-refractivity contribution in [3.63, 3.8) is 0 Å². The van der Waals surface area contributed by atoms with Gasteiger partial charge in [-0.1, -0.05) is 95.3 Å². The van der Waals surface area contributed by atoms with E-state index in [0.29, 0.717) is 17.3 Å². The molecule has 1 aliphatic carbocycles. The summed E-state index contributed by atoms with van der Waals surface area (Å²) in [5, 5.41) is 12.4. The van der Waals surface area contributed by atoms with E-state index in [0.717, 1.165) is 19.4 Å². The molecule has 0 saturated heterocycles. The molecule has 0 heterocycles. The van der Waals surface area contributed by atoms with Crippen LogP contribution in [-0.4, -0.2) is 26.1 Å². The van der Waals surface area contributed by atoms with Crippen molar-refractivity contribution in [3.05, 3.63) is 60.7 Å². The van der Waals surface area contributed by atoms with E-state index >= 15 is 0 Å². The molecule has 1 fully saturated rings. The molecule has 1 saturated carbocycles. The van der Waals surface area contributed by atoms with Crippen LogP contribution in [0.1, 0.15) is 54.4 Å². The smallest absolute Gasteiger partial charge is 0.261 e. The van der Waals surface area contributed by atoms with E-state index < -0.39 is 8.32 Å². The summed E-state index contributed by atoms with van der Waals surface area (Å²) in [6, 6.07) is 21.8. The van der Waals surface area contributed by atoms with Crippen LogP contribution < -0.4 is 10.4 Å². The number of rotatable bonds is 8. The van der Waals surface area contributed by atoms with Crippen molar-refractivity contribution in [1.82, 2.24) is 0 Å². The lowest BCUT2D eigenvalue weighted by Crippen LogP contribution is -2.66. The maximum absolute atomic E-state index is 9.72. The van der Waals surface area contributed by atoms with E-state index in [1.165, 1.54) is 10.4 Å². The van der Waals surface area contributed by atoms with E-state index in [1.54, 1.807) is 0 Å². The van der Waals surface area contributed by atoms with Crippen LogP contribution >= 0.6 is 0 Å². The summed E-state index contributed by atoms with van der Waals surface area (Å²) in [6.45, 7) is 14.4. The van der Waals surface area contributed by atoms with Crippen LogP contribution in [0.25, 0.3) is 0 Å². The molecule has 3 heteroatoms. The van der Waals surface area contributed by atoms with Crippen LogP contribution in [-0.2, 0) is 4.43 Å². The number of aliphatic hydroxyl groups excluding tert-OH is 1. The van der Waals surface area contributed by atoms with Crippen LogP contribution in [0.4, 0.5) is 0 Å². The van der Waals surface area contributed by atoms with Crippen LogP contribution in [0.2, 0.25) is 5.04 Å². The molecule has 29 heavy (non-hydrogen) atoms. The van der Waals surface area contributed by atoms with Gasteiger partial charge in [-0.15, -0.1) is 0 Å². The summed E-state index contributed by atoms with van der Waals surface area (Å²) in [4.78, 5) is 0. The predicted octanol–water partition coefficient (Wildman–Crippen LogP) is 5.00. The van der Waals surface area contributed by atoms with Crippen molar-refractivity contribution in [2.45, 2.75) is 65.5 Å². The second-order valence-electron chi connectivity index (χ2n) is 10.4. The summed E-state index contributed by atoms with van der Waals surface area (Å²) in [5.74, 6) is 1.19. The topological polar surface area (TPSA) is 29.5 Å². The van der Waals surface area contributed by atoms with Gasteiger partial charge >= 0.3 is 0 Å². The van der Waals surface area contributed by atoms with Gasteiger partial charge in [-0.25, -0.2) is 0 Å². The number of hydrogen-bond acceptors (Lipinski definition) is 2. The fraction of sp³-hybridized carbons (Fsp3) is 0.538. The zero-order chi connectivity index (χ0) is 21.3. The maximum Gasteiger partial charge on any atom is 0.261 e. The van der Waals surface area contributed by atoms with Crippen molar-refractivity contribution >= 4 is 18.7 Å². The molecule has 3 rings (SSSR count). The standard InChI is InChI=1S/C26H38O2Si/c1-20(27)17-18-23-24(26(23,5)6)19-28-29(25(2,3)4,21-13-9-7-10-14-21)22-15-11-8-12-16-22/h7-16,20,23-24,27H,17-19H2,1-6H3/t20?,23-,24-/m0/s1. The highest BCUT2D eigenvalue weighted by Gasteiger charge is 2.59. The van der Waals surface area contributed by atoms with Gasteiger partial charge in [0.25, 0.3) is 8.32 Å². The zero-order valence-corrected chi connectivity index (χ0v) is 20.0. The van der Waals surface area contributed by atoms with Crippen molar-refractivity contribution in [2.24, 2.45) is 17.3 Å². The first-order chi connectivity index (χ1) is 13.6. The van der Waals surface area contributed by atoms with Crippen LogP contribution in [0, 0.1) is 17.3 Å². The van der Waals surface area contributed by atoms with E-state index in [2.05, 4.69) is 95.3 Å². The molecule has 2 aromatic carbocycles. The lowest BCUT2D eigenvalue weighted by molar-refractivity contribution is 0.176. The van der Waals surface area contributed by atoms with E-state index in [1.807, 2.05) is 6.92 Å². The molecule has 0 aromatic heterocycles. The number of hydrogen-bond donors (Lipinski definition) is 1. The number of aliphatic hydroxyl groups is 1. The van der Waals surface area contributed by atoms with Crippen molar-refractivity contribution in [1.29, 1.82) is 0 Å². The molecule has 1 unspecified atom stereocenters. The fourth-order valence-electron chi connectivity index (χ4n) is 5.16. The minimum absolute atomic E-state index is 0.0177. The lowest BCUT2D eigenvalue weighted by atomic mass is 10.0. The summed E-state index contributed by atoms with van der Waals surface area (Å²) < 4.78 is 7.14. The SMILES string of the molecule is CC(O)CC[C@H]1[C@H](CO[Si](c2ccccc2)(c2ccccc2)C(C)(C)C)C1(C)C. The van der Waals surface area contributed by atoms with E-state index in [4.69, 9.17) is 4.43 Å². The second-order valence-corrected chi connectivity index (χ2v) is 14.7. The summed E-state index contributed by atoms with van der Waals surface area (Å²) >= 11 is 0. The van der Waals surface area contributed by atoms with Gasteiger partial charge in [-0.2, -0.15) is 0 Å². The minimum atomic E-state index is -2.46. The molecule has 0 aliphatic heterocycles. The molecular weight excluding hydrogens is 372 g/mol. The van der Waals surface area contributed by atoms with E-state index in [-0.39, 0.29) is 11.1 Å². The second kappa shape index (κ2) is 8.37. The Morgan fingerprint density at radius 3 is 1.83 bits per heavy atom. The zero-order valence-electron chi connectivity index (χ0n) is 19.0. The minimum Gasteiger partial charge on any atom is -0.407 e. The Labute approximate surface area is 178 Å². The Morgan fingerprint density at radius 2 is 1.41 bits per heavy atom. The summed E-state index contributed by atoms with van der Waals surface area (Å²) in [7, 11) is -2.46. The average molecular weight is 411 g/mol. The Morgan fingerprint density at radius 1 is 0.931 bits per heavy atom. The van der Waals surface area contributed by atoms with Gasteiger partial charge in [0.15, 0.2) is 0 Å². The van der Waals surface area contributed by atoms with Gasteiger partial charge in [0, 0.05) is 6.61 Å². The third-order valence-electron chi connectivity index (χ3n) is 7.08. The largest absolute Gasteiger partial charge is 0.407 e. The molecule has 1 aliphatic rings. The lowest BCUT2D eigenvalue weighted by Gasteiger charge is -2.43. The molecule has 3 atom stereocenters. The predicted molar refractivity (Wildman–Crippen MR) is 125 cm³/mol. The quantitative estimate of drug-likeness (QED) is 0.621. The van der Waals surface area contributed by atoms with Crippen LogP contribution in [0.5, 0.6) is 0 Å². The Kier molecular flexibility index (Phi) is 6.43. The molecule has 1 N–H and O–H groups in total. The first-order valence-corrected chi connectivity index (χ1v) is 12.9. The Hall–Kier alpha value is -1.42. The molecule has 158 valence electrons. The molecule has 0 amide bonds. The monoisotopic (exact) mass is 410 g/mol. The Balaban J connectivity index is 1.93.